The highest BCUT2D eigenvalue weighted by atomic mass is 16.5. The Morgan fingerprint density at radius 2 is 1.81 bits per heavy atom. The van der Waals surface area contributed by atoms with Crippen molar-refractivity contribution in [1.29, 1.82) is 0 Å². The normalized spacial score (nSPS) is 10.4. The highest BCUT2D eigenvalue weighted by Crippen LogP contribution is 2.21. The molecule has 21 heavy (non-hydrogen) atoms. The third-order valence-corrected chi connectivity index (χ3v) is 3.13. The van der Waals surface area contributed by atoms with Crippen LogP contribution in [0.3, 0.4) is 0 Å². The van der Waals surface area contributed by atoms with Crippen molar-refractivity contribution in [2.75, 3.05) is 25.6 Å². The third-order valence-electron chi connectivity index (χ3n) is 3.13. The van der Waals surface area contributed by atoms with Gasteiger partial charge in [-0.05, 0) is 37.3 Å². The average molecular weight is 287 g/mol. The van der Waals surface area contributed by atoms with Gasteiger partial charge in [0.25, 0.3) is 0 Å². The second-order valence-electron chi connectivity index (χ2n) is 4.85. The standard InChI is InChI=1S/C17H21NO3/c1-13-3-8-17(19)14(11-13)12-18-15-4-6-16(7-5-15)21-10-9-20-2/h3-8,11,18-19H,9-10,12H2,1-2H3. The number of benzene rings is 2. The molecular formula is C17H21NO3. The van der Waals surface area contributed by atoms with Crippen molar-refractivity contribution < 1.29 is 14.6 Å². The number of nitrogens with one attached hydrogen (secondary N) is 1. The predicted octanol–water partition coefficient (Wildman–Crippen LogP) is 3.34. The lowest BCUT2D eigenvalue weighted by molar-refractivity contribution is 0.146. The Morgan fingerprint density at radius 1 is 1.05 bits per heavy atom. The fourth-order valence-corrected chi connectivity index (χ4v) is 1.97. The van der Waals surface area contributed by atoms with Crippen LogP contribution in [-0.4, -0.2) is 25.4 Å². The van der Waals surface area contributed by atoms with Gasteiger partial charge in [0, 0.05) is 24.9 Å². The Morgan fingerprint density at radius 3 is 2.52 bits per heavy atom. The molecule has 0 saturated carbocycles. The Kier molecular flexibility index (Phi) is 5.46. The molecule has 0 amide bonds. The summed E-state index contributed by atoms with van der Waals surface area (Å²) >= 11 is 0. The average Bonchev–Trinajstić information content (AvgIpc) is 2.50. The van der Waals surface area contributed by atoms with E-state index in [-0.39, 0.29) is 0 Å². The topological polar surface area (TPSA) is 50.7 Å². The van der Waals surface area contributed by atoms with E-state index in [1.165, 1.54) is 0 Å². The number of rotatable bonds is 7. The molecule has 2 N–H and O–H groups in total. The second kappa shape index (κ2) is 7.55. The summed E-state index contributed by atoms with van der Waals surface area (Å²) in [5.41, 5.74) is 3.00. The molecule has 112 valence electrons. The first-order valence-electron chi connectivity index (χ1n) is 6.93. The molecule has 2 rings (SSSR count). The molecule has 0 aliphatic heterocycles. The lowest BCUT2D eigenvalue weighted by Crippen LogP contribution is -2.04. The Bertz CT molecular complexity index is 567. The molecule has 2 aromatic rings. The fraction of sp³-hybridized carbons (Fsp3) is 0.294. The maximum absolute atomic E-state index is 9.81. The molecule has 0 spiro atoms. The number of phenols is 1. The van der Waals surface area contributed by atoms with Gasteiger partial charge in [0.1, 0.15) is 18.1 Å². The molecule has 0 saturated heterocycles. The van der Waals surface area contributed by atoms with Crippen LogP contribution in [0.4, 0.5) is 5.69 Å². The van der Waals surface area contributed by atoms with E-state index in [0.29, 0.717) is 25.5 Å². The monoisotopic (exact) mass is 287 g/mol. The molecule has 0 bridgehead atoms. The molecule has 0 fully saturated rings. The van der Waals surface area contributed by atoms with E-state index in [9.17, 15) is 5.11 Å². The van der Waals surface area contributed by atoms with Crippen LogP contribution in [0.25, 0.3) is 0 Å². The molecule has 0 unspecified atom stereocenters. The molecule has 0 heterocycles. The van der Waals surface area contributed by atoms with E-state index in [0.717, 1.165) is 22.6 Å². The van der Waals surface area contributed by atoms with Gasteiger partial charge in [-0.2, -0.15) is 0 Å². The van der Waals surface area contributed by atoms with Crippen molar-refractivity contribution >= 4 is 5.69 Å². The number of anilines is 1. The summed E-state index contributed by atoms with van der Waals surface area (Å²) < 4.78 is 10.4. The van der Waals surface area contributed by atoms with Crippen molar-refractivity contribution in [3.63, 3.8) is 0 Å². The largest absolute Gasteiger partial charge is 0.508 e. The number of hydrogen-bond donors (Lipinski definition) is 2. The summed E-state index contributed by atoms with van der Waals surface area (Å²) in [4.78, 5) is 0. The van der Waals surface area contributed by atoms with Gasteiger partial charge in [-0.15, -0.1) is 0 Å². The zero-order chi connectivity index (χ0) is 15.1. The number of aromatic hydroxyl groups is 1. The van der Waals surface area contributed by atoms with Gasteiger partial charge in [0.2, 0.25) is 0 Å². The lowest BCUT2D eigenvalue weighted by atomic mass is 10.1. The smallest absolute Gasteiger partial charge is 0.120 e. The maximum Gasteiger partial charge on any atom is 0.120 e. The predicted molar refractivity (Wildman–Crippen MR) is 84.0 cm³/mol. The molecular weight excluding hydrogens is 266 g/mol. The fourth-order valence-electron chi connectivity index (χ4n) is 1.97. The Hall–Kier alpha value is -2.20. The molecule has 4 heteroatoms. The number of ether oxygens (including phenoxy) is 2. The van der Waals surface area contributed by atoms with Gasteiger partial charge in [0.05, 0.1) is 6.61 Å². The molecule has 0 aliphatic rings. The summed E-state index contributed by atoms with van der Waals surface area (Å²) in [6.45, 7) is 3.71. The zero-order valence-corrected chi connectivity index (χ0v) is 12.4. The van der Waals surface area contributed by atoms with Crippen LogP contribution in [0, 0.1) is 6.92 Å². The van der Waals surface area contributed by atoms with Gasteiger partial charge in [-0.3, -0.25) is 0 Å². The molecule has 0 aromatic heterocycles. The van der Waals surface area contributed by atoms with Crippen molar-refractivity contribution in [2.45, 2.75) is 13.5 Å². The Labute approximate surface area is 125 Å². The quantitative estimate of drug-likeness (QED) is 0.767. The first-order chi connectivity index (χ1) is 10.2. The van der Waals surface area contributed by atoms with E-state index in [1.807, 2.05) is 43.3 Å². The lowest BCUT2D eigenvalue weighted by Gasteiger charge is -2.10. The van der Waals surface area contributed by atoms with Gasteiger partial charge < -0.3 is 19.9 Å². The maximum atomic E-state index is 9.81. The van der Waals surface area contributed by atoms with Crippen LogP contribution in [0.5, 0.6) is 11.5 Å². The van der Waals surface area contributed by atoms with Crippen molar-refractivity contribution in [3.05, 3.63) is 53.6 Å². The van der Waals surface area contributed by atoms with Crippen molar-refractivity contribution in [2.24, 2.45) is 0 Å². The van der Waals surface area contributed by atoms with Crippen LogP contribution in [0.1, 0.15) is 11.1 Å². The van der Waals surface area contributed by atoms with E-state index in [4.69, 9.17) is 9.47 Å². The summed E-state index contributed by atoms with van der Waals surface area (Å²) in [7, 11) is 1.65. The van der Waals surface area contributed by atoms with Crippen LogP contribution in [0.15, 0.2) is 42.5 Å². The minimum absolute atomic E-state index is 0.313. The molecule has 2 aromatic carbocycles. The van der Waals surface area contributed by atoms with Crippen LogP contribution < -0.4 is 10.1 Å². The summed E-state index contributed by atoms with van der Waals surface area (Å²) in [5, 5.41) is 13.1. The van der Waals surface area contributed by atoms with E-state index in [2.05, 4.69) is 5.32 Å². The van der Waals surface area contributed by atoms with Crippen molar-refractivity contribution in [3.8, 4) is 11.5 Å². The molecule has 4 nitrogen and oxygen atoms in total. The SMILES string of the molecule is COCCOc1ccc(NCc2cc(C)ccc2O)cc1. The van der Waals surface area contributed by atoms with Gasteiger partial charge in [-0.1, -0.05) is 17.7 Å². The van der Waals surface area contributed by atoms with Crippen LogP contribution in [-0.2, 0) is 11.3 Å². The minimum atomic E-state index is 0.313. The first kappa shape index (κ1) is 15.2. The van der Waals surface area contributed by atoms with Crippen LogP contribution in [0.2, 0.25) is 0 Å². The third kappa shape index (κ3) is 4.68. The molecule has 0 atom stereocenters. The van der Waals surface area contributed by atoms with E-state index < -0.39 is 0 Å². The molecule has 0 aliphatic carbocycles. The molecule has 0 radical (unpaired) electrons. The highest BCUT2D eigenvalue weighted by molar-refractivity contribution is 5.48. The Balaban J connectivity index is 1.90. The van der Waals surface area contributed by atoms with Gasteiger partial charge in [0.15, 0.2) is 0 Å². The number of aryl methyl sites for hydroxylation is 1. The number of phenolic OH excluding ortho intramolecular Hbond substituents is 1. The van der Waals surface area contributed by atoms with Gasteiger partial charge in [-0.25, -0.2) is 0 Å². The summed E-state index contributed by atoms with van der Waals surface area (Å²) in [5.74, 6) is 1.13. The van der Waals surface area contributed by atoms with E-state index in [1.54, 1.807) is 13.2 Å². The van der Waals surface area contributed by atoms with Crippen LogP contribution >= 0.6 is 0 Å². The minimum Gasteiger partial charge on any atom is -0.508 e. The van der Waals surface area contributed by atoms with Gasteiger partial charge >= 0.3 is 0 Å². The summed E-state index contributed by atoms with van der Waals surface area (Å²) in [6.07, 6.45) is 0. The van der Waals surface area contributed by atoms with E-state index >= 15 is 0 Å². The number of hydrogen-bond acceptors (Lipinski definition) is 4. The summed E-state index contributed by atoms with van der Waals surface area (Å²) in [6, 6.07) is 13.3. The first-order valence-corrected chi connectivity index (χ1v) is 6.93. The van der Waals surface area contributed by atoms with Crippen molar-refractivity contribution in [1.82, 2.24) is 0 Å². The second-order valence-corrected chi connectivity index (χ2v) is 4.85. The zero-order valence-electron chi connectivity index (χ0n) is 12.4. The number of methoxy groups -OCH3 is 1. The highest BCUT2D eigenvalue weighted by Gasteiger charge is 2.01.